The van der Waals surface area contributed by atoms with Gasteiger partial charge < -0.3 is 10.4 Å². The number of carboxylic acids is 1. The van der Waals surface area contributed by atoms with Crippen molar-refractivity contribution < 1.29 is 14.7 Å². The molecule has 0 atom stereocenters. The van der Waals surface area contributed by atoms with Gasteiger partial charge in [-0.25, -0.2) is 4.98 Å². The molecule has 0 unspecified atom stereocenters. The zero-order valence-electron chi connectivity index (χ0n) is 9.42. The molecule has 2 N–H and O–H groups in total. The Morgan fingerprint density at radius 3 is 2.88 bits per heavy atom. The van der Waals surface area contributed by atoms with Crippen LogP contribution in [0.4, 0.5) is 0 Å². The first-order chi connectivity index (χ1) is 8.08. The number of amides is 1. The van der Waals surface area contributed by atoms with E-state index in [4.69, 9.17) is 5.11 Å². The topological polar surface area (TPSA) is 97.1 Å². The van der Waals surface area contributed by atoms with E-state index in [1.807, 2.05) is 0 Å². The summed E-state index contributed by atoms with van der Waals surface area (Å²) in [6.45, 7) is 0.455. The molecule has 1 aromatic heterocycles. The van der Waals surface area contributed by atoms with E-state index in [-0.39, 0.29) is 17.4 Å². The second-order valence-electron chi connectivity index (χ2n) is 3.32. The number of aromatic nitrogens is 3. The molecule has 0 saturated heterocycles. The van der Waals surface area contributed by atoms with Gasteiger partial charge in [0.2, 0.25) is 5.91 Å². The van der Waals surface area contributed by atoms with Crippen LogP contribution in [-0.4, -0.2) is 49.8 Å². The molecule has 8 heteroatoms. The standard InChI is InChI=1S/C9H14N4O3S/c1-13-6-11-7(12-13)2-3-10-8(14)4-17-5-9(15)16/h6H,2-5H2,1H3,(H,10,14)(H,15,16). The fourth-order valence-electron chi connectivity index (χ4n) is 1.09. The monoisotopic (exact) mass is 258 g/mol. The lowest BCUT2D eigenvalue weighted by Crippen LogP contribution is -2.28. The van der Waals surface area contributed by atoms with Gasteiger partial charge in [-0.3, -0.25) is 14.3 Å². The maximum Gasteiger partial charge on any atom is 0.313 e. The number of hydrogen-bond acceptors (Lipinski definition) is 5. The van der Waals surface area contributed by atoms with Crippen LogP contribution in [0.2, 0.25) is 0 Å². The second-order valence-corrected chi connectivity index (χ2v) is 4.31. The van der Waals surface area contributed by atoms with Crippen LogP contribution in [0.5, 0.6) is 0 Å². The molecular formula is C9H14N4O3S. The van der Waals surface area contributed by atoms with Crippen molar-refractivity contribution in [1.82, 2.24) is 20.1 Å². The van der Waals surface area contributed by atoms with Crippen LogP contribution in [0.25, 0.3) is 0 Å². The highest BCUT2D eigenvalue weighted by Crippen LogP contribution is 1.98. The van der Waals surface area contributed by atoms with Crippen molar-refractivity contribution in [3.63, 3.8) is 0 Å². The van der Waals surface area contributed by atoms with Gasteiger partial charge >= 0.3 is 5.97 Å². The van der Waals surface area contributed by atoms with Gasteiger partial charge in [-0.05, 0) is 0 Å². The normalized spacial score (nSPS) is 10.2. The van der Waals surface area contributed by atoms with Crippen molar-refractivity contribution in [2.45, 2.75) is 6.42 Å². The van der Waals surface area contributed by atoms with Crippen molar-refractivity contribution in [1.29, 1.82) is 0 Å². The smallest absolute Gasteiger partial charge is 0.313 e. The molecule has 17 heavy (non-hydrogen) atoms. The van der Waals surface area contributed by atoms with Crippen molar-refractivity contribution in [3.05, 3.63) is 12.2 Å². The highest BCUT2D eigenvalue weighted by molar-refractivity contribution is 8.00. The Labute approximate surface area is 103 Å². The van der Waals surface area contributed by atoms with Crippen LogP contribution in [0.3, 0.4) is 0 Å². The third-order valence-electron chi connectivity index (χ3n) is 1.78. The Morgan fingerprint density at radius 1 is 1.53 bits per heavy atom. The molecule has 7 nitrogen and oxygen atoms in total. The third-order valence-corrected chi connectivity index (χ3v) is 2.69. The van der Waals surface area contributed by atoms with Gasteiger partial charge in [0, 0.05) is 20.0 Å². The molecule has 1 aromatic rings. The van der Waals surface area contributed by atoms with E-state index in [1.54, 1.807) is 18.1 Å². The molecule has 0 saturated carbocycles. The Hall–Kier alpha value is -1.57. The first-order valence-electron chi connectivity index (χ1n) is 4.98. The summed E-state index contributed by atoms with van der Waals surface area (Å²) in [5, 5.41) is 15.1. The summed E-state index contributed by atoms with van der Waals surface area (Å²) in [5.74, 6) is -0.324. The van der Waals surface area contributed by atoms with Gasteiger partial charge in [0.15, 0.2) is 5.82 Å². The predicted molar refractivity (Wildman–Crippen MR) is 62.7 cm³/mol. The summed E-state index contributed by atoms with van der Waals surface area (Å²) in [7, 11) is 1.78. The maximum absolute atomic E-state index is 11.2. The summed E-state index contributed by atoms with van der Waals surface area (Å²) in [6.07, 6.45) is 2.16. The quantitative estimate of drug-likeness (QED) is 0.670. The number of nitrogens with zero attached hydrogens (tertiary/aromatic N) is 3. The number of carboxylic acid groups (broad SMARTS) is 1. The third kappa shape index (κ3) is 5.91. The van der Waals surface area contributed by atoms with Gasteiger partial charge in [-0.1, -0.05) is 0 Å². The maximum atomic E-state index is 11.2. The van der Waals surface area contributed by atoms with Gasteiger partial charge in [-0.2, -0.15) is 5.10 Å². The first-order valence-corrected chi connectivity index (χ1v) is 6.14. The van der Waals surface area contributed by atoms with Crippen LogP contribution in [0, 0.1) is 0 Å². The highest BCUT2D eigenvalue weighted by atomic mass is 32.2. The zero-order chi connectivity index (χ0) is 12.7. The lowest BCUT2D eigenvalue weighted by Gasteiger charge is -2.02. The molecule has 0 fully saturated rings. The van der Waals surface area contributed by atoms with Gasteiger partial charge in [0.05, 0.1) is 11.5 Å². The Morgan fingerprint density at radius 2 is 2.29 bits per heavy atom. The Bertz CT molecular complexity index is 393. The molecule has 1 amide bonds. The van der Waals surface area contributed by atoms with Crippen LogP contribution in [0.1, 0.15) is 5.82 Å². The number of thioether (sulfide) groups is 1. The lowest BCUT2D eigenvalue weighted by atomic mass is 10.4. The summed E-state index contributed by atoms with van der Waals surface area (Å²) in [6, 6.07) is 0. The zero-order valence-corrected chi connectivity index (χ0v) is 10.2. The van der Waals surface area contributed by atoms with E-state index in [0.717, 1.165) is 11.8 Å². The van der Waals surface area contributed by atoms with Gasteiger partial charge in [0.25, 0.3) is 0 Å². The van der Waals surface area contributed by atoms with Gasteiger partial charge in [0.1, 0.15) is 6.33 Å². The molecule has 0 bridgehead atoms. The largest absolute Gasteiger partial charge is 0.481 e. The van der Waals surface area contributed by atoms with Crippen LogP contribution in [0.15, 0.2) is 6.33 Å². The lowest BCUT2D eigenvalue weighted by molar-refractivity contribution is -0.133. The summed E-state index contributed by atoms with van der Waals surface area (Å²) in [5.41, 5.74) is 0. The molecule has 1 rings (SSSR count). The number of aryl methyl sites for hydroxylation is 1. The molecule has 0 aliphatic rings. The Balaban J connectivity index is 2.10. The molecule has 0 radical (unpaired) electrons. The van der Waals surface area contributed by atoms with Crippen molar-refractivity contribution in [3.8, 4) is 0 Å². The molecule has 0 aromatic carbocycles. The van der Waals surface area contributed by atoms with E-state index in [1.165, 1.54) is 0 Å². The summed E-state index contributed by atoms with van der Waals surface area (Å²) in [4.78, 5) is 25.5. The van der Waals surface area contributed by atoms with Crippen molar-refractivity contribution in [2.24, 2.45) is 7.05 Å². The average molecular weight is 258 g/mol. The van der Waals surface area contributed by atoms with E-state index in [0.29, 0.717) is 18.8 Å². The summed E-state index contributed by atoms with van der Waals surface area (Å²) < 4.78 is 1.60. The van der Waals surface area contributed by atoms with Crippen LogP contribution < -0.4 is 5.32 Å². The van der Waals surface area contributed by atoms with Crippen LogP contribution >= 0.6 is 11.8 Å². The molecular weight excluding hydrogens is 244 g/mol. The fraction of sp³-hybridized carbons (Fsp3) is 0.556. The molecule has 0 aliphatic carbocycles. The first kappa shape index (κ1) is 13.5. The SMILES string of the molecule is Cn1cnc(CCNC(=O)CSCC(=O)O)n1. The fourth-order valence-corrected chi connectivity index (χ4v) is 1.66. The van der Waals surface area contributed by atoms with Crippen molar-refractivity contribution in [2.75, 3.05) is 18.1 Å². The summed E-state index contributed by atoms with van der Waals surface area (Å²) >= 11 is 1.07. The minimum absolute atomic E-state index is 0.0603. The minimum Gasteiger partial charge on any atom is -0.481 e. The van der Waals surface area contributed by atoms with E-state index >= 15 is 0 Å². The van der Waals surface area contributed by atoms with E-state index in [2.05, 4.69) is 15.4 Å². The molecule has 1 heterocycles. The average Bonchev–Trinajstić information content (AvgIpc) is 2.63. The number of carbonyl (C=O) groups excluding carboxylic acids is 1. The number of nitrogens with one attached hydrogen (secondary N) is 1. The number of aliphatic carboxylic acids is 1. The van der Waals surface area contributed by atoms with E-state index < -0.39 is 5.97 Å². The molecule has 0 aliphatic heterocycles. The van der Waals surface area contributed by atoms with Crippen molar-refractivity contribution >= 4 is 23.6 Å². The minimum atomic E-state index is -0.916. The highest BCUT2D eigenvalue weighted by Gasteiger charge is 2.04. The molecule has 0 spiro atoms. The predicted octanol–water partition coefficient (Wildman–Crippen LogP) is -0.708. The number of carbonyl (C=O) groups is 2. The van der Waals surface area contributed by atoms with E-state index in [9.17, 15) is 9.59 Å². The molecule has 94 valence electrons. The number of hydrogen-bond donors (Lipinski definition) is 2. The Kier molecular flexibility index (Phi) is 5.47. The second kappa shape index (κ2) is 6.89. The van der Waals surface area contributed by atoms with Crippen LogP contribution in [-0.2, 0) is 23.1 Å². The number of rotatable bonds is 7. The van der Waals surface area contributed by atoms with Gasteiger partial charge in [-0.15, -0.1) is 11.8 Å².